The van der Waals surface area contributed by atoms with Crippen LogP contribution in [0.4, 0.5) is 17.3 Å². The lowest BCUT2D eigenvalue weighted by atomic mass is 10.00. The predicted molar refractivity (Wildman–Crippen MR) is 167 cm³/mol. The molecule has 3 aromatic rings. The molecule has 10 nitrogen and oxygen atoms in total. The highest BCUT2D eigenvalue weighted by Crippen LogP contribution is 2.37. The Balaban J connectivity index is 0.00000165. The number of aromatic nitrogens is 4. The number of hydrogen-bond donors (Lipinski definition) is 2. The summed E-state index contributed by atoms with van der Waals surface area (Å²) in [5.74, 6) is 0.409. The van der Waals surface area contributed by atoms with E-state index < -0.39 is 11.8 Å². The molecule has 2 aromatic heterocycles. The zero-order valence-electron chi connectivity index (χ0n) is 24.9. The Labute approximate surface area is 241 Å². The zero-order chi connectivity index (χ0) is 29.3. The van der Waals surface area contributed by atoms with Gasteiger partial charge in [-0.3, -0.25) is 9.79 Å². The summed E-state index contributed by atoms with van der Waals surface area (Å²) in [6, 6.07) is 6.30. The van der Waals surface area contributed by atoms with Crippen molar-refractivity contribution in [3.8, 4) is 0 Å². The molecule has 41 heavy (non-hydrogen) atoms. The molecule has 3 aliphatic rings. The fourth-order valence-corrected chi connectivity index (χ4v) is 5.95. The van der Waals surface area contributed by atoms with E-state index in [-0.39, 0.29) is 5.56 Å². The molecule has 1 aromatic carbocycles. The van der Waals surface area contributed by atoms with Crippen molar-refractivity contribution in [1.29, 1.82) is 0 Å². The highest BCUT2D eigenvalue weighted by Gasteiger charge is 2.39. The van der Waals surface area contributed by atoms with Gasteiger partial charge in [-0.15, -0.1) is 6.58 Å². The van der Waals surface area contributed by atoms with Gasteiger partial charge in [-0.1, -0.05) is 26.0 Å². The van der Waals surface area contributed by atoms with Gasteiger partial charge in [0.15, 0.2) is 5.65 Å². The summed E-state index contributed by atoms with van der Waals surface area (Å²) in [5, 5.41) is 14.6. The summed E-state index contributed by atoms with van der Waals surface area (Å²) < 4.78 is 3.45. The lowest BCUT2D eigenvalue weighted by molar-refractivity contribution is 0.133. The van der Waals surface area contributed by atoms with Gasteiger partial charge in [-0.2, -0.15) is 4.98 Å². The van der Waals surface area contributed by atoms with E-state index in [1.165, 1.54) is 11.3 Å². The van der Waals surface area contributed by atoms with Crippen molar-refractivity contribution in [1.82, 2.24) is 24.2 Å². The summed E-state index contributed by atoms with van der Waals surface area (Å²) in [7, 11) is 2.16. The molecule has 2 N–H and O–H groups in total. The second kappa shape index (κ2) is 11.6. The Kier molecular flexibility index (Phi) is 8.15. The number of rotatable bonds is 6. The number of piperazine rings is 1. The van der Waals surface area contributed by atoms with Crippen molar-refractivity contribution < 1.29 is 5.11 Å². The Morgan fingerprint density at radius 1 is 1.22 bits per heavy atom. The van der Waals surface area contributed by atoms with Gasteiger partial charge in [-0.25, -0.2) is 14.3 Å². The Hall–Kier alpha value is -3.76. The van der Waals surface area contributed by atoms with Gasteiger partial charge in [0.2, 0.25) is 5.95 Å². The lowest BCUT2D eigenvalue weighted by Crippen LogP contribution is -2.44. The molecule has 0 radical (unpaired) electrons. The van der Waals surface area contributed by atoms with E-state index in [9.17, 15) is 9.90 Å². The fraction of sp³-hybridized carbons (Fsp3) is 0.484. The molecule has 10 heteroatoms. The number of nitrogens with zero attached hydrogens (tertiary/aromatic N) is 7. The van der Waals surface area contributed by atoms with E-state index in [4.69, 9.17) is 9.98 Å². The third-order valence-corrected chi connectivity index (χ3v) is 8.14. The summed E-state index contributed by atoms with van der Waals surface area (Å²) in [6.07, 6.45) is 7.09. The van der Waals surface area contributed by atoms with Gasteiger partial charge < -0.3 is 20.2 Å². The minimum absolute atomic E-state index is 0.183. The van der Waals surface area contributed by atoms with Gasteiger partial charge in [-0.05, 0) is 63.1 Å². The minimum Gasteiger partial charge on any atom is -0.384 e. The second-order valence-electron chi connectivity index (χ2n) is 11.1. The molecule has 1 aliphatic carbocycles. The normalized spacial score (nSPS) is 22.5. The molecule has 6 rings (SSSR count). The van der Waals surface area contributed by atoms with Crippen LogP contribution in [-0.2, 0) is 6.54 Å². The predicted octanol–water partition coefficient (Wildman–Crippen LogP) is 4.42. The number of allylic oxidation sites excluding steroid dienone is 1. The average molecular weight is 559 g/mol. The number of hydrogen-bond acceptors (Lipinski definition) is 8. The smallest absolute Gasteiger partial charge is 0.278 e. The van der Waals surface area contributed by atoms with E-state index in [2.05, 4.69) is 58.9 Å². The van der Waals surface area contributed by atoms with Crippen LogP contribution in [0.25, 0.3) is 11.0 Å². The van der Waals surface area contributed by atoms with Gasteiger partial charge in [0.25, 0.3) is 5.56 Å². The van der Waals surface area contributed by atoms with Crippen LogP contribution in [0.15, 0.2) is 58.5 Å². The van der Waals surface area contributed by atoms with Crippen molar-refractivity contribution in [2.45, 2.75) is 65.3 Å². The highest BCUT2D eigenvalue weighted by molar-refractivity contribution is 6.08. The summed E-state index contributed by atoms with van der Waals surface area (Å²) in [4.78, 5) is 32.3. The van der Waals surface area contributed by atoms with Crippen LogP contribution in [0.2, 0.25) is 0 Å². The van der Waals surface area contributed by atoms with Crippen LogP contribution in [0.5, 0.6) is 0 Å². The first-order valence-corrected chi connectivity index (χ1v) is 14.7. The Morgan fingerprint density at radius 2 is 1.98 bits per heavy atom. The van der Waals surface area contributed by atoms with Gasteiger partial charge in [0.1, 0.15) is 17.2 Å². The van der Waals surface area contributed by atoms with Crippen molar-refractivity contribution in [2.24, 2.45) is 4.99 Å². The molecule has 2 atom stereocenters. The number of aliphatic hydroxyl groups is 1. The second-order valence-corrected chi connectivity index (χ2v) is 11.1. The largest absolute Gasteiger partial charge is 0.384 e. The van der Waals surface area contributed by atoms with Crippen LogP contribution < -0.4 is 15.8 Å². The van der Waals surface area contributed by atoms with Gasteiger partial charge in [0.05, 0.1) is 12.3 Å². The standard InChI is InChI=1S/C29H36N8O2.C2H6/c1-5-12-36-27(38)22-18-30-28(31-21-7-8-23(19(2)17-21)35-15-13-34(4)14-16-35)33-26(22)37(36)24-9-6-20-10-11-29(3,39)25(20)32-24;1-2/h5-8,17-18,24,39H,1,9-16H2,2-4H3,(H,30,31,33);1-2H3. The monoisotopic (exact) mass is 558 g/mol. The molecular weight excluding hydrogens is 516 g/mol. The molecule has 0 bridgehead atoms. The highest BCUT2D eigenvalue weighted by atomic mass is 16.3. The van der Waals surface area contributed by atoms with E-state index in [0.717, 1.165) is 43.9 Å². The van der Waals surface area contributed by atoms with Crippen LogP contribution in [0, 0.1) is 6.92 Å². The first-order chi connectivity index (χ1) is 19.7. The van der Waals surface area contributed by atoms with E-state index in [0.29, 0.717) is 42.1 Å². The quantitative estimate of drug-likeness (QED) is 0.432. The number of aliphatic imine (C=N–C) groups is 1. The number of nitrogens with one attached hydrogen (secondary N) is 1. The Morgan fingerprint density at radius 3 is 2.68 bits per heavy atom. The molecule has 4 heterocycles. The number of likely N-dealkylation sites (N-methyl/N-ethyl adjacent to an activating group) is 1. The maximum absolute atomic E-state index is 13.3. The van der Waals surface area contributed by atoms with Crippen molar-refractivity contribution >= 4 is 34.1 Å². The number of dihydropyridines is 1. The molecular formula is C31H42N8O2. The third-order valence-electron chi connectivity index (χ3n) is 8.14. The molecule has 1 saturated carbocycles. The average Bonchev–Trinajstić information content (AvgIpc) is 3.42. The molecule has 0 amide bonds. The van der Waals surface area contributed by atoms with Crippen LogP contribution in [-0.4, -0.2) is 73.9 Å². The van der Waals surface area contributed by atoms with Crippen molar-refractivity contribution in [2.75, 3.05) is 43.4 Å². The molecule has 2 aliphatic heterocycles. The number of anilines is 3. The van der Waals surface area contributed by atoms with Gasteiger partial charge >= 0.3 is 0 Å². The SMILES string of the molecule is C=CCn1c(=O)c2cnc(Nc3ccc(N4CCN(C)CC4)c(C)c3)nc2n1C1CC=C2CCC(C)(O)C2=N1.CC. The molecule has 0 spiro atoms. The number of fused-ring (bicyclic) bond motifs is 2. The van der Waals surface area contributed by atoms with Crippen LogP contribution in [0.3, 0.4) is 0 Å². The number of aryl methyl sites for hydroxylation is 1. The Bertz CT molecular complexity index is 1560. The topological polar surface area (TPSA) is 104 Å². The fourth-order valence-electron chi connectivity index (χ4n) is 5.95. The molecule has 2 fully saturated rings. The number of benzene rings is 1. The summed E-state index contributed by atoms with van der Waals surface area (Å²) in [6.45, 7) is 16.2. The van der Waals surface area contributed by atoms with Crippen LogP contribution >= 0.6 is 0 Å². The minimum atomic E-state index is -0.965. The van der Waals surface area contributed by atoms with E-state index in [1.807, 2.05) is 24.6 Å². The van der Waals surface area contributed by atoms with Crippen LogP contribution in [0.1, 0.15) is 51.8 Å². The van der Waals surface area contributed by atoms with E-state index >= 15 is 0 Å². The maximum atomic E-state index is 13.3. The maximum Gasteiger partial charge on any atom is 0.278 e. The van der Waals surface area contributed by atoms with Gasteiger partial charge in [0, 0.05) is 50.2 Å². The molecule has 1 saturated heterocycles. The lowest BCUT2D eigenvalue weighted by Gasteiger charge is -2.35. The van der Waals surface area contributed by atoms with E-state index in [1.54, 1.807) is 23.9 Å². The molecule has 2 unspecified atom stereocenters. The zero-order valence-corrected chi connectivity index (χ0v) is 24.9. The summed E-state index contributed by atoms with van der Waals surface area (Å²) in [5.41, 5.74) is 4.48. The van der Waals surface area contributed by atoms with Crippen molar-refractivity contribution in [3.05, 3.63) is 64.6 Å². The molecule has 218 valence electrons. The first-order valence-electron chi connectivity index (χ1n) is 14.7. The third kappa shape index (κ3) is 5.46. The van der Waals surface area contributed by atoms with Crippen molar-refractivity contribution in [3.63, 3.8) is 0 Å². The summed E-state index contributed by atoms with van der Waals surface area (Å²) >= 11 is 0. The first kappa shape index (κ1) is 28.8.